The highest BCUT2D eigenvalue weighted by Crippen LogP contribution is 2.15. The lowest BCUT2D eigenvalue weighted by Crippen LogP contribution is -2.36. The van der Waals surface area contributed by atoms with Gasteiger partial charge in [0.1, 0.15) is 6.10 Å². The van der Waals surface area contributed by atoms with Crippen LogP contribution in [0.15, 0.2) is 36.8 Å². The zero-order valence-corrected chi connectivity index (χ0v) is 16.6. The Kier molecular flexibility index (Phi) is 7.88. The van der Waals surface area contributed by atoms with Gasteiger partial charge in [-0.1, -0.05) is 23.1 Å². The molecule has 18 heavy (non-hydrogen) atoms. The summed E-state index contributed by atoms with van der Waals surface area (Å²) in [5, 5.41) is 0. The predicted molar refractivity (Wildman–Crippen MR) is 86.7 cm³/mol. The van der Waals surface area contributed by atoms with Crippen LogP contribution in [0, 0.1) is 0 Å². The molecule has 0 aliphatic rings. The summed E-state index contributed by atoms with van der Waals surface area (Å²) in [6, 6.07) is 1.16. The van der Waals surface area contributed by atoms with E-state index >= 15 is 0 Å². The van der Waals surface area contributed by atoms with Crippen LogP contribution < -0.4 is 0 Å². The van der Waals surface area contributed by atoms with Crippen LogP contribution >= 0.6 is 0 Å². The van der Waals surface area contributed by atoms with E-state index in [0.717, 1.165) is 26.5 Å². The van der Waals surface area contributed by atoms with Crippen LogP contribution in [-0.2, 0) is 9.47 Å². The normalized spacial score (nSPS) is 14.5. The Labute approximate surface area is 117 Å². The number of ether oxygens (including phenoxy) is 2. The summed E-state index contributed by atoms with van der Waals surface area (Å²) in [4.78, 5) is 11.6. The third-order valence-corrected chi connectivity index (χ3v) is 10.9. The minimum Gasteiger partial charge on any atom is -0.437 e. The van der Waals surface area contributed by atoms with E-state index in [1.54, 1.807) is 17.1 Å². The molecule has 0 N–H and O–H groups in total. The monoisotopic (exact) mass is 300 g/mol. The van der Waals surface area contributed by atoms with Crippen molar-refractivity contribution >= 4 is 34.7 Å². The minimum atomic E-state index is -2.08. The molecule has 0 saturated heterocycles. The molecular formula is C12H24O3Si3. The largest absolute Gasteiger partial charge is 0.508 e. The van der Waals surface area contributed by atoms with Crippen molar-refractivity contribution in [3.05, 3.63) is 36.8 Å². The number of carbonyl (C=O) groups excluding carboxylic acids is 1. The van der Waals surface area contributed by atoms with Crippen molar-refractivity contribution in [2.45, 2.75) is 24.6 Å². The average Bonchev–Trinajstić information content (AvgIpc) is 2.39. The molecule has 0 heterocycles. The van der Waals surface area contributed by atoms with E-state index in [0.29, 0.717) is 5.54 Å². The second-order valence-corrected chi connectivity index (χ2v) is 10.5. The first-order valence-electron chi connectivity index (χ1n) is 6.18. The Balaban J connectivity index is 4.30. The van der Waals surface area contributed by atoms with Gasteiger partial charge in [-0.25, -0.2) is 4.79 Å². The van der Waals surface area contributed by atoms with E-state index < -0.39 is 14.2 Å². The number of carbonyl (C=O) groups is 1. The van der Waals surface area contributed by atoms with Gasteiger partial charge in [0.05, 0.1) is 6.23 Å². The second-order valence-electron chi connectivity index (χ2n) is 4.47. The highest BCUT2D eigenvalue weighted by Gasteiger charge is 2.25. The van der Waals surface area contributed by atoms with Gasteiger partial charge >= 0.3 is 6.16 Å². The SMILES string of the molecule is C=C[Si](C=C)(C=C)COC(=O)OC(C)C([SiH3])C[SiH3]. The summed E-state index contributed by atoms with van der Waals surface area (Å²) in [6.45, 7) is 13.2. The Morgan fingerprint density at radius 2 is 1.83 bits per heavy atom. The molecule has 102 valence electrons. The summed E-state index contributed by atoms with van der Waals surface area (Å²) in [5.74, 6) is 0. The third-order valence-electron chi connectivity index (χ3n) is 3.31. The third kappa shape index (κ3) is 5.19. The molecule has 0 radical (unpaired) electrons. The van der Waals surface area contributed by atoms with Crippen LogP contribution in [0.5, 0.6) is 0 Å². The van der Waals surface area contributed by atoms with Gasteiger partial charge in [-0.3, -0.25) is 0 Å². The molecule has 0 aromatic heterocycles. The first-order chi connectivity index (χ1) is 8.44. The molecule has 0 spiro atoms. The number of hydrogen-bond acceptors (Lipinski definition) is 3. The molecule has 0 aromatic carbocycles. The van der Waals surface area contributed by atoms with E-state index in [9.17, 15) is 4.79 Å². The first-order valence-corrected chi connectivity index (χ1v) is 11.2. The molecule has 2 atom stereocenters. The van der Waals surface area contributed by atoms with Crippen LogP contribution in [0.3, 0.4) is 0 Å². The van der Waals surface area contributed by atoms with Crippen molar-refractivity contribution in [2.75, 3.05) is 6.23 Å². The van der Waals surface area contributed by atoms with Crippen molar-refractivity contribution in [1.82, 2.24) is 0 Å². The molecule has 0 amide bonds. The smallest absolute Gasteiger partial charge is 0.437 e. The van der Waals surface area contributed by atoms with Crippen molar-refractivity contribution in [3.8, 4) is 0 Å². The zero-order valence-electron chi connectivity index (χ0n) is 11.6. The topological polar surface area (TPSA) is 35.5 Å². The quantitative estimate of drug-likeness (QED) is 0.487. The van der Waals surface area contributed by atoms with Crippen LogP contribution in [0.25, 0.3) is 0 Å². The summed E-state index contributed by atoms with van der Waals surface area (Å²) in [5.41, 5.74) is 5.88. The minimum absolute atomic E-state index is 0.0473. The van der Waals surface area contributed by atoms with Gasteiger partial charge in [0.25, 0.3) is 0 Å². The maximum Gasteiger partial charge on any atom is 0.508 e. The highest BCUT2D eigenvalue weighted by atomic mass is 28.3. The van der Waals surface area contributed by atoms with E-state index in [2.05, 4.69) is 19.7 Å². The van der Waals surface area contributed by atoms with Gasteiger partial charge in [0.15, 0.2) is 8.07 Å². The van der Waals surface area contributed by atoms with Crippen molar-refractivity contribution in [3.63, 3.8) is 0 Å². The van der Waals surface area contributed by atoms with Gasteiger partial charge < -0.3 is 9.47 Å². The maximum absolute atomic E-state index is 11.6. The summed E-state index contributed by atoms with van der Waals surface area (Å²) < 4.78 is 10.4. The summed E-state index contributed by atoms with van der Waals surface area (Å²) >= 11 is 0. The van der Waals surface area contributed by atoms with Gasteiger partial charge in [0.2, 0.25) is 0 Å². The van der Waals surface area contributed by atoms with Crippen molar-refractivity contribution in [1.29, 1.82) is 0 Å². The molecule has 6 heteroatoms. The fraction of sp³-hybridized carbons (Fsp3) is 0.417. The number of hydrogen-bond donors (Lipinski definition) is 0. The fourth-order valence-electron chi connectivity index (χ4n) is 1.24. The average molecular weight is 301 g/mol. The zero-order chi connectivity index (χ0) is 14.2. The molecule has 3 nitrogen and oxygen atoms in total. The van der Waals surface area contributed by atoms with Crippen LogP contribution in [0.1, 0.15) is 6.92 Å². The highest BCUT2D eigenvalue weighted by molar-refractivity contribution is 6.93. The summed E-state index contributed by atoms with van der Waals surface area (Å²) in [6.07, 6.45) is -0.378. The predicted octanol–water partition coefficient (Wildman–Crippen LogP) is 0.629. The molecule has 0 aromatic rings. The van der Waals surface area contributed by atoms with Gasteiger partial charge in [0, 0.05) is 20.5 Å². The Morgan fingerprint density at radius 3 is 2.22 bits per heavy atom. The van der Waals surface area contributed by atoms with Crippen LogP contribution in [-0.4, -0.2) is 47.0 Å². The summed E-state index contributed by atoms with van der Waals surface area (Å²) in [7, 11) is 0.0927. The number of rotatable bonds is 8. The Hall–Kier alpha value is -0.859. The molecule has 0 saturated carbocycles. The molecule has 0 bridgehead atoms. The van der Waals surface area contributed by atoms with Crippen LogP contribution in [0.4, 0.5) is 4.79 Å². The fourth-order valence-corrected chi connectivity index (χ4v) is 3.27. The van der Waals surface area contributed by atoms with E-state index in [4.69, 9.17) is 9.47 Å². The Morgan fingerprint density at radius 1 is 1.33 bits per heavy atom. The molecule has 0 rings (SSSR count). The van der Waals surface area contributed by atoms with Gasteiger partial charge in [-0.05, 0) is 12.5 Å². The lowest BCUT2D eigenvalue weighted by molar-refractivity contribution is 0.0375. The maximum atomic E-state index is 11.6. The van der Waals surface area contributed by atoms with E-state index in [-0.39, 0.29) is 12.3 Å². The van der Waals surface area contributed by atoms with E-state index in [1.165, 1.54) is 0 Å². The molecule has 0 aliphatic heterocycles. The second kappa shape index (κ2) is 8.28. The molecular weight excluding hydrogens is 276 g/mol. The lowest BCUT2D eigenvalue weighted by Gasteiger charge is -2.22. The van der Waals surface area contributed by atoms with Gasteiger partial charge in [-0.15, -0.1) is 19.7 Å². The van der Waals surface area contributed by atoms with Crippen molar-refractivity contribution in [2.24, 2.45) is 0 Å². The molecule has 0 fully saturated rings. The lowest BCUT2D eigenvalue weighted by atomic mass is 10.3. The standard InChI is InChI=1S/C12H24O3Si3/c1-5-18(6-2,7-3)9-14-12(13)15-10(4)11(17)8-16/h5-7,10-11H,1-3,8-9H2,4,16-17H3. The molecule has 0 aliphatic carbocycles. The van der Waals surface area contributed by atoms with E-state index in [1.807, 2.05) is 6.92 Å². The Bertz CT molecular complexity index is 296. The van der Waals surface area contributed by atoms with Gasteiger partial charge in [-0.2, -0.15) is 0 Å². The van der Waals surface area contributed by atoms with Crippen LogP contribution in [0.2, 0.25) is 11.6 Å². The van der Waals surface area contributed by atoms with Crippen molar-refractivity contribution < 1.29 is 14.3 Å². The molecule has 2 unspecified atom stereocenters. The first kappa shape index (κ1) is 17.1.